The molecule has 1 aromatic carbocycles. The van der Waals surface area contributed by atoms with Crippen molar-refractivity contribution in [2.45, 2.75) is 65.7 Å². The second-order valence-corrected chi connectivity index (χ2v) is 7.42. The van der Waals surface area contributed by atoms with Crippen molar-refractivity contribution >= 4 is 18.0 Å². The Balaban J connectivity index is 2.24. The Morgan fingerprint density at radius 3 is 2.07 bits per heavy atom. The van der Waals surface area contributed by atoms with Crippen LogP contribution < -0.4 is 0 Å². The molecular formula is C22H31NO4. The van der Waals surface area contributed by atoms with Crippen molar-refractivity contribution in [3.05, 3.63) is 41.0 Å². The summed E-state index contributed by atoms with van der Waals surface area (Å²) in [5.41, 5.74) is 1.87. The molecule has 1 aromatic rings. The number of benzene rings is 1. The van der Waals surface area contributed by atoms with E-state index in [1.54, 1.807) is 19.9 Å². The van der Waals surface area contributed by atoms with Crippen molar-refractivity contribution in [1.29, 1.82) is 0 Å². The molecule has 5 nitrogen and oxygen atoms in total. The average Bonchev–Trinajstić information content (AvgIpc) is 2.60. The van der Waals surface area contributed by atoms with E-state index < -0.39 is 17.7 Å². The van der Waals surface area contributed by atoms with Crippen LogP contribution in [0.15, 0.2) is 29.8 Å². The van der Waals surface area contributed by atoms with Crippen molar-refractivity contribution < 1.29 is 19.1 Å². The van der Waals surface area contributed by atoms with Gasteiger partial charge >= 0.3 is 11.9 Å². The highest BCUT2D eigenvalue weighted by atomic mass is 16.7. The number of hydrogen-bond acceptors (Lipinski definition) is 5. The minimum absolute atomic E-state index is 0.0598. The fraction of sp³-hybridized carbons (Fsp3) is 0.545. The normalized spacial score (nSPS) is 16.3. The number of carbonyl (C=O) groups is 2. The van der Waals surface area contributed by atoms with Gasteiger partial charge in [0.05, 0.1) is 0 Å². The summed E-state index contributed by atoms with van der Waals surface area (Å²) in [6, 6.07) is 7.85. The summed E-state index contributed by atoms with van der Waals surface area (Å²) < 4.78 is 10.4. The van der Waals surface area contributed by atoms with Crippen LogP contribution in [-0.2, 0) is 25.6 Å². The van der Waals surface area contributed by atoms with E-state index in [4.69, 9.17) is 9.47 Å². The molecule has 0 aliphatic carbocycles. The fourth-order valence-electron chi connectivity index (χ4n) is 3.03. The summed E-state index contributed by atoms with van der Waals surface area (Å²) in [6.45, 7) is 10.4. The first-order chi connectivity index (χ1) is 12.9. The molecule has 1 saturated heterocycles. The average molecular weight is 373 g/mol. The molecule has 148 valence electrons. The first-order valence-corrected chi connectivity index (χ1v) is 9.85. The predicted molar refractivity (Wildman–Crippen MR) is 106 cm³/mol. The Morgan fingerprint density at radius 2 is 1.52 bits per heavy atom. The van der Waals surface area contributed by atoms with Gasteiger partial charge in [0.1, 0.15) is 5.57 Å². The third-order valence-electron chi connectivity index (χ3n) is 4.52. The molecule has 1 heterocycles. The Labute approximate surface area is 162 Å². The second kappa shape index (κ2) is 9.70. The molecule has 5 heteroatoms. The minimum Gasteiger partial charge on any atom is -0.419 e. The summed E-state index contributed by atoms with van der Waals surface area (Å²) in [4.78, 5) is 26.9. The molecule has 0 amide bonds. The number of ether oxygens (including phenoxy) is 2. The Hall–Kier alpha value is -2.14. The maximum absolute atomic E-state index is 12.2. The van der Waals surface area contributed by atoms with Crippen LogP contribution in [0.5, 0.6) is 0 Å². The molecule has 0 N–H and O–H groups in total. The molecular weight excluding hydrogens is 342 g/mol. The zero-order chi connectivity index (χ0) is 19.9. The van der Waals surface area contributed by atoms with Gasteiger partial charge in [-0.25, -0.2) is 9.59 Å². The topological polar surface area (TPSA) is 55.8 Å². The van der Waals surface area contributed by atoms with Crippen LogP contribution >= 0.6 is 0 Å². The lowest BCUT2D eigenvalue weighted by molar-refractivity contribution is -0.222. The number of nitrogens with zero attached hydrogens (tertiary/aromatic N) is 1. The third kappa shape index (κ3) is 6.21. The van der Waals surface area contributed by atoms with E-state index in [-0.39, 0.29) is 5.57 Å². The van der Waals surface area contributed by atoms with E-state index in [1.165, 1.54) is 0 Å². The van der Waals surface area contributed by atoms with Crippen molar-refractivity contribution in [2.24, 2.45) is 0 Å². The van der Waals surface area contributed by atoms with Crippen LogP contribution in [-0.4, -0.2) is 35.7 Å². The zero-order valence-corrected chi connectivity index (χ0v) is 16.9. The molecule has 0 aromatic heterocycles. The van der Waals surface area contributed by atoms with Crippen molar-refractivity contribution in [3.8, 4) is 0 Å². The minimum atomic E-state index is -1.22. The van der Waals surface area contributed by atoms with E-state index >= 15 is 0 Å². The number of esters is 2. The summed E-state index contributed by atoms with van der Waals surface area (Å²) in [7, 11) is 0. The lowest BCUT2D eigenvalue weighted by atomic mass is 10.0. The smallest absolute Gasteiger partial charge is 0.348 e. The van der Waals surface area contributed by atoms with Gasteiger partial charge in [-0.1, -0.05) is 51.0 Å². The quantitative estimate of drug-likeness (QED) is 0.367. The highest BCUT2D eigenvalue weighted by molar-refractivity contribution is 6.18. The van der Waals surface area contributed by atoms with E-state index in [0.29, 0.717) is 0 Å². The lowest BCUT2D eigenvalue weighted by Gasteiger charge is -2.30. The van der Waals surface area contributed by atoms with Gasteiger partial charge in [-0.05, 0) is 43.1 Å². The van der Waals surface area contributed by atoms with Gasteiger partial charge < -0.3 is 9.47 Å². The van der Waals surface area contributed by atoms with Crippen LogP contribution in [0.25, 0.3) is 6.08 Å². The fourth-order valence-corrected chi connectivity index (χ4v) is 3.03. The summed E-state index contributed by atoms with van der Waals surface area (Å²) in [5.74, 6) is -2.50. The summed E-state index contributed by atoms with van der Waals surface area (Å²) in [6.07, 6.45) is 6.21. The van der Waals surface area contributed by atoms with Gasteiger partial charge in [0.15, 0.2) is 0 Å². The zero-order valence-electron chi connectivity index (χ0n) is 16.9. The van der Waals surface area contributed by atoms with Crippen molar-refractivity contribution in [2.75, 3.05) is 13.1 Å². The van der Waals surface area contributed by atoms with Crippen LogP contribution in [0, 0.1) is 0 Å². The molecule has 0 spiro atoms. The SMILES string of the molecule is CCCCN(CCCC)Cc1ccccc1C=C1C(=O)OC(C)(C)OC1=O. The van der Waals surface area contributed by atoms with Crippen LogP contribution in [0.1, 0.15) is 64.5 Å². The van der Waals surface area contributed by atoms with Gasteiger partial charge in [0.2, 0.25) is 0 Å². The van der Waals surface area contributed by atoms with Gasteiger partial charge in [0.25, 0.3) is 5.79 Å². The maximum atomic E-state index is 12.2. The van der Waals surface area contributed by atoms with Gasteiger partial charge in [-0.15, -0.1) is 0 Å². The molecule has 27 heavy (non-hydrogen) atoms. The molecule has 0 bridgehead atoms. The number of unbranched alkanes of at least 4 members (excludes halogenated alkanes) is 2. The molecule has 1 aliphatic rings. The molecule has 0 radical (unpaired) electrons. The molecule has 2 rings (SSSR count). The standard InChI is InChI=1S/C22H31NO4/c1-5-7-13-23(14-8-6-2)16-18-12-10-9-11-17(18)15-19-20(24)26-22(3,4)27-21(19)25/h9-12,15H,5-8,13-14,16H2,1-4H3. The third-order valence-corrected chi connectivity index (χ3v) is 4.52. The second-order valence-electron chi connectivity index (χ2n) is 7.42. The van der Waals surface area contributed by atoms with Crippen LogP contribution in [0.3, 0.4) is 0 Å². The largest absolute Gasteiger partial charge is 0.419 e. The van der Waals surface area contributed by atoms with E-state index in [9.17, 15) is 9.59 Å². The Kier molecular flexibility index (Phi) is 7.60. The Bertz CT molecular complexity index is 663. The molecule has 1 fully saturated rings. The predicted octanol–water partition coefficient (Wildman–Crippen LogP) is 4.31. The lowest BCUT2D eigenvalue weighted by Crippen LogP contribution is -2.41. The molecule has 0 unspecified atom stereocenters. The summed E-state index contributed by atoms with van der Waals surface area (Å²) in [5, 5.41) is 0. The van der Waals surface area contributed by atoms with Gasteiger partial charge in [-0.2, -0.15) is 0 Å². The van der Waals surface area contributed by atoms with Crippen LogP contribution in [0.4, 0.5) is 0 Å². The maximum Gasteiger partial charge on any atom is 0.348 e. The number of hydrogen-bond donors (Lipinski definition) is 0. The monoisotopic (exact) mass is 373 g/mol. The van der Waals surface area contributed by atoms with Crippen molar-refractivity contribution in [1.82, 2.24) is 4.90 Å². The highest BCUT2D eigenvalue weighted by Crippen LogP contribution is 2.25. The van der Waals surface area contributed by atoms with Gasteiger partial charge in [-0.3, -0.25) is 4.90 Å². The molecule has 0 saturated carbocycles. The van der Waals surface area contributed by atoms with Gasteiger partial charge in [0, 0.05) is 20.4 Å². The number of carbonyl (C=O) groups excluding carboxylic acids is 2. The first kappa shape index (κ1) is 21.2. The van der Waals surface area contributed by atoms with E-state index in [1.807, 2.05) is 24.3 Å². The summed E-state index contributed by atoms with van der Waals surface area (Å²) >= 11 is 0. The number of cyclic esters (lactones) is 2. The van der Waals surface area contributed by atoms with E-state index in [2.05, 4.69) is 18.7 Å². The van der Waals surface area contributed by atoms with Crippen molar-refractivity contribution in [3.63, 3.8) is 0 Å². The van der Waals surface area contributed by atoms with E-state index in [0.717, 1.165) is 56.4 Å². The highest BCUT2D eigenvalue weighted by Gasteiger charge is 2.38. The molecule has 0 atom stereocenters. The van der Waals surface area contributed by atoms with Crippen LogP contribution in [0.2, 0.25) is 0 Å². The number of rotatable bonds is 9. The molecule has 1 aliphatic heterocycles. The Morgan fingerprint density at radius 1 is 0.963 bits per heavy atom. The first-order valence-electron chi connectivity index (χ1n) is 9.85.